The Morgan fingerprint density at radius 1 is 0.565 bits per heavy atom. The molecular formula is C49H38N9O4+. The summed E-state index contributed by atoms with van der Waals surface area (Å²) in [5.74, 6) is 3.06. The highest BCUT2D eigenvalue weighted by Gasteiger charge is 2.30. The topological polar surface area (TPSA) is 139 Å². The van der Waals surface area contributed by atoms with E-state index in [9.17, 15) is 9.59 Å². The normalized spacial score (nSPS) is 12.6. The number of nitrogens with one attached hydrogen (secondary N) is 2. The summed E-state index contributed by atoms with van der Waals surface area (Å²) in [6, 6.07) is 35.6. The Labute approximate surface area is 356 Å². The highest BCUT2D eigenvalue weighted by atomic mass is 16.5. The second-order valence-electron chi connectivity index (χ2n) is 14.6. The van der Waals surface area contributed by atoms with E-state index in [1.807, 2.05) is 113 Å². The second kappa shape index (κ2) is 16.7. The fraction of sp³-hybridized carbons (Fsp3) is 0.0816. The highest BCUT2D eigenvalue weighted by Crippen LogP contribution is 2.39. The molecule has 0 spiro atoms. The molecule has 0 atom stereocenters. The van der Waals surface area contributed by atoms with Gasteiger partial charge in [0, 0.05) is 96.0 Å². The van der Waals surface area contributed by atoms with E-state index in [1.165, 1.54) is 0 Å². The van der Waals surface area contributed by atoms with Gasteiger partial charge in [-0.05, 0) is 97.8 Å². The van der Waals surface area contributed by atoms with Crippen molar-refractivity contribution in [2.45, 2.75) is 12.8 Å². The minimum absolute atomic E-state index is 0.0750. The van der Waals surface area contributed by atoms with Gasteiger partial charge in [-0.15, -0.1) is 0 Å². The zero-order chi connectivity index (χ0) is 41.8. The number of amides is 2. The van der Waals surface area contributed by atoms with Crippen LogP contribution in [-0.4, -0.2) is 44.8 Å². The minimum atomic E-state index is -0.126. The molecule has 13 nitrogen and oxygen atoms in total. The molecule has 2 aliphatic rings. The first-order valence-electron chi connectivity index (χ1n) is 20.1. The van der Waals surface area contributed by atoms with Gasteiger partial charge in [-0.1, -0.05) is 18.2 Å². The van der Waals surface area contributed by atoms with Crippen LogP contribution in [0.4, 0.5) is 34.3 Å². The predicted molar refractivity (Wildman–Crippen MR) is 235 cm³/mol. The number of anilines is 6. The van der Waals surface area contributed by atoms with E-state index < -0.39 is 0 Å². The number of carbonyl (C=O) groups is 2. The molecule has 2 amide bonds. The maximum absolute atomic E-state index is 13.9. The van der Waals surface area contributed by atoms with Crippen LogP contribution in [-0.2, 0) is 12.8 Å². The summed E-state index contributed by atoms with van der Waals surface area (Å²) < 4.78 is 14.5. The average molecular weight is 817 g/mol. The summed E-state index contributed by atoms with van der Waals surface area (Å²) in [6.45, 7) is 1.08. The van der Waals surface area contributed by atoms with E-state index in [2.05, 4.69) is 30.6 Å². The number of hydrogen-bond acceptors (Lipinski definition) is 10. The molecule has 2 aliphatic heterocycles. The van der Waals surface area contributed by atoms with E-state index in [4.69, 9.17) is 9.47 Å². The molecular weight excluding hydrogens is 779 g/mol. The van der Waals surface area contributed by atoms with Crippen LogP contribution in [0.15, 0.2) is 171 Å². The van der Waals surface area contributed by atoms with E-state index in [1.54, 1.807) is 72.5 Å². The van der Waals surface area contributed by atoms with Gasteiger partial charge in [-0.25, -0.2) is 4.98 Å². The van der Waals surface area contributed by atoms with Crippen LogP contribution in [0.3, 0.4) is 0 Å². The van der Waals surface area contributed by atoms with E-state index in [-0.39, 0.29) is 11.8 Å². The maximum Gasteiger partial charge on any atom is 0.258 e. The number of carbonyl (C=O) groups excluding carboxylic acids is 2. The molecule has 0 aliphatic carbocycles. The molecule has 5 aromatic heterocycles. The lowest BCUT2D eigenvalue weighted by molar-refractivity contribution is -0.595. The summed E-state index contributed by atoms with van der Waals surface area (Å²) in [4.78, 5) is 48.4. The first kappa shape index (κ1) is 37.8. The number of ether oxygens (including phenoxy) is 2. The molecule has 8 aromatic rings. The molecule has 0 unspecified atom stereocenters. The van der Waals surface area contributed by atoms with Crippen molar-refractivity contribution in [3.63, 3.8) is 0 Å². The SMILES string of the molecule is O=C(c1cccc(Nc2ccncc2)c1)N1CCc2c(Oc3cc[n+](-c4cnccc4Nc4cc(C(=O)N5CCc6c(Oc7ccncc7)cccc65)ccn4)cc3)cccc21. The highest BCUT2D eigenvalue weighted by molar-refractivity contribution is 6.09. The van der Waals surface area contributed by atoms with Gasteiger partial charge in [0.25, 0.3) is 17.5 Å². The summed E-state index contributed by atoms with van der Waals surface area (Å²) >= 11 is 0. The Hall–Kier alpha value is -8.45. The number of rotatable bonds is 11. The molecule has 13 heteroatoms. The number of hydrogen-bond donors (Lipinski definition) is 2. The van der Waals surface area contributed by atoms with E-state index >= 15 is 0 Å². The average Bonchev–Trinajstić information content (AvgIpc) is 3.96. The minimum Gasteiger partial charge on any atom is -0.457 e. The largest absolute Gasteiger partial charge is 0.457 e. The number of nitrogens with zero attached hydrogens (tertiary/aromatic N) is 7. The molecule has 302 valence electrons. The number of aromatic nitrogens is 5. The Balaban J connectivity index is 0.819. The summed E-state index contributed by atoms with van der Waals surface area (Å²) in [6.07, 6.45) is 17.0. The van der Waals surface area contributed by atoms with Crippen molar-refractivity contribution >= 4 is 46.1 Å². The Morgan fingerprint density at radius 3 is 1.84 bits per heavy atom. The van der Waals surface area contributed by atoms with Gasteiger partial charge in [0.1, 0.15) is 40.7 Å². The van der Waals surface area contributed by atoms with Gasteiger partial charge >= 0.3 is 0 Å². The van der Waals surface area contributed by atoms with Gasteiger partial charge in [-0.3, -0.25) is 24.5 Å². The summed E-state index contributed by atoms with van der Waals surface area (Å²) in [5, 5.41) is 6.73. The Kier molecular flexibility index (Phi) is 10.2. The van der Waals surface area contributed by atoms with Crippen molar-refractivity contribution in [3.8, 4) is 28.7 Å². The second-order valence-corrected chi connectivity index (χ2v) is 14.6. The zero-order valence-electron chi connectivity index (χ0n) is 33.3. The van der Waals surface area contributed by atoms with Crippen LogP contribution in [0, 0.1) is 0 Å². The number of pyridine rings is 5. The molecule has 62 heavy (non-hydrogen) atoms. The third-order valence-electron chi connectivity index (χ3n) is 10.8. The molecule has 3 aromatic carbocycles. The molecule has 0 bridgehead atoms. The van der Waals surface area contributed by atoms with Crippen molar-refractivity contribution in [3.05, 3.63) is 193 Å². The van der Waals surface area contributed by atoms with Crippen LogP contribution in [0.2, 0.25) is 0 Å². The number of benzene rings is 3. The zero-order valence-corrected chi connectivity index (χ0v) is 33.3. The molecule has 0 saturated carbocycles. The molecule has 7 heterocycles. The van der Waals surface area contributed by atoms with E-state index in [0.717, 1.165) is 51.0 Å². The molecule has 2 N–H and O–H groups in total. The Bertz CT molecular complexity index is 2930. The van der Waals surface area contributed by atoms with Crippen LogP contribution in [0.1, 0.15) is 31.8 Å². The lowest BCUT2D eigenvalue weighted by atomic mass is 10.1. The molecule has 10 rings (SSSR count). The van der Waals surface area contributed by atoms with Crippen molar-refractivity contribution in [2.24, 2.45) is 0 Å². The van der Waals surface area contributed by atoms with Gasteiger partial charge < -0.3 is 29.9 Å². The van der Waals surface area contributed by atoms with Crippen molar-refractivity contribution in [1.82, 2.24) is 19.9 Å². The lowest BCUT2D eigenvalue weighted by Gasteiger charge is -2.18. The van der Waals surface area contributed by atoms with Crippen molar-refractivity contribution < 1.29 is 23.6 Å². The molecule has 0 fully saturated rings. The van der Waals surface area contributed by atoms with Crippen LogP contribution < -0.4 is 34.5 Å². The van der Waals surface area contributed by atoms with Gasteiger partial charge in [-0.2, -0.15) is 4.57 Å². The van der Waals surface area contributed by atoms with E-state index in [0.29, 0.717) is 60.1 Å². The Morgan fingerprint density at radius 2 is 1.16 bits per heavy atom. The van der Waals surface area contributed by atoms with Gasteiger partial charge in [0.05, 0.1) is 11.4 Å². The third kappa shape index (κ3) is 7.73. The van der Waals surface area contributed by atoms with Gasteiger partial charge in [0.2, 0.25) is 0 Å². The molecule has 0 radical (unpaired) electrons. The van der Waals surface area contributed by atoms with Crippen molar-refractivity contribution in [1.29, 1.82) is 0 Å². The smallest absolute Gasteiger partial charge is 0.258 e. The third-order valence-corrected chi connectivity index (χ3v) is 10.8. The summed E-state index contributed by atoms with van der Waals surface area (Å²) in [5.41, 5.74) is 7.94. The lowest BCUT2D eigenvalue weighted by Crippen LogP contribution is -2.30. The predicted octanol–water partition coefficient (Wildman–Crippen LogP) is 9.02. The van der Waals surface area contributed by atoms with Crippen LogP contribution in [0.5, 0.6) is 23.0 Å². The fourth-order valence-electron chi connectivity index (χ4n) is 7.83. The first-order valence-corrected chi connectivity index (χ1v) is 20.1. The number of fused-ring (bicyclic) bond motifs is 2. The van der Waals surface area contributed by atoms with Crippen LogP contribution in [0.25, 0.3) is 5.69 Å². The maximum atomic E-state index is 13.9. The fourth-order valence-corrected chi connectivity index (χ4v) is 7.83. The monoisotopic (exact) mass is 816 g/mol. The summed E-state index contributed by atoms with van der Waals surface area (Å²) in [7, 11) is 0. The van der Waals surface area contributed by atoms with Gasteiger partial charge in [0.15, 0.2) is 12.4 Å². The van der Waals surface area contributed by atoms with Crippen molar-refractivity contribution in [2.75, 3.05) is 33.5 Å². The quantitative estimate of drug-likeness (QED) is 0.122. The first-order chi connectivity index (χ1) is 30.5. The standard InChI is InChI=1S/C49H38N9O4/c59-48(33-4-1-5-36(30-33)54-35-11-20-50-21-12-35)57-28-18-40-42(57)6-3-9-46(40)62-38-16-26-56(27-17-38)44-32-52-24-15-41(44)55-47-31-34(10-25-53-47)49(60)58-29-19-39-43(58)7-2-8-45(39)61-37-13-22-51-23-14-37/h1-17,20-27,30-32H,18-19,28-29H2,(H,50,54)(H,52,53,55)/q+1. The molecule has 0 saturated heterocycles. The van der Waals surface area contributed by atoms with Crippen LogP contribution >= 0.6 is 0 Å².